The molecule has 0 spiro atoms. The Balaban J connectivity index is 1.80. The third kappa shape index (κ3) is 9.05. The number of anilines is 2. The number of methoxy groups -OCH3 is 1. The van der Waals surface area contributed by atoms with Crippen LogP contribution in [0.3, 0.4) is 0 Å². The Morgan fingerprint density at radius 3 is 2.39 bits per heavy atom. The fourth-order valence-corrected chi connectivity index (χ4v) is 2.79. The van der Waals surface area contributed by atoms with Crippen LogP contribution >= 0.6 is 0 Å². The first-order chi connectivity index (χ1) is 17.1. The number of nitro groups is 1. The molecule has 2 N–H and O–H groups in total. The number of nitrogens with zero attached hydrogens (tertiary/aromatic N) is 1. The standard InChI is InChI=1S/C24H27N3O9/c1-15(2)13-36-24(31)16-5-4-6-17(11-16)25-21(28)9-10-23(30)35-14-22(29)26-19-12-18(34-3)7-8-20(19)27(32)33/h4-8,11-12,15H,9-10,13-14H2,1-3H3,(H,25,28)(H,26,29). The minimum Gasteiger partial charge on any atom is -0.497 e. The molecule has 2 aromatic rings. The van der Waals surface area contributed by atoms with Gasteiger partial charge in [-0.2, -0.15) is 0 Å². The monoisotopic (exact) mass is 501 g/mol. The van der Waals surface area contributed by atoms with Gasteiger partial charge in [0.15, 0.2) is 6.61 Å². The van der Waals surface area contributed by atoms with E-state index in [1.807, 2.05) is 13.8 Å². The van der Waals surface area contributed by atoms with Gasteiger partial charge in [0.05, 0.1) is 30.6 Å². The molecule has 0 aromatic heterocycles. The molecule has 2 amide bonds. The highest BCUT2D eigenvalue weighted by molar-refractivity contribution is 5.97. The predicted molar refractivity (Wildman–Crippen MR) is 129 cm³/mol. The zero-order chi connectivity index (χ0) is 26.7. The van der Waals surface area contributed by atoms with E-state index in [1.54, 1.807) is 18.2 Å². The SMILES string of the molecule is COc1ccc([N+](=O)[O-])c(NC(=O)COC(=O)CCC(=O)Nc2cccc(C(=O)OCC(C)C)c2)c1. The van der Waals surface area contributed by atoms with E-state index in [1.165, 1.54) is 31.4 Å². The van der Waals surface area contributed by atoms with E-state index in [0.717, 1.165) is 0 Å². The van der Waals surface area contributed by atoms with Crippen LogP contribution < -0.4 is 15.4 Å². The van der Waals surface area contributed by atoms with Crippen molar-refractivity contribution in [1.29, 1.82) is 0 Å². The van der Waals surface area contributed by atoms with Crippen molar-refractivity contribution in [3.05, 3.63) is 58.1 Å². The van der Waals surface area contributed by atoms with Gasteiger partial charge in [0.2, 0.25) is 5.91 Å². The summed E-state index contributed by atoms with van der Waals surface area (Å²) in [6, 6.07) is 9.98. The fraction of sp³-hybridized carbons (Fsp3) is 0.333. The molecule has 0 bridgehead atoms. The summed E-state index contributed by atoms with van der Waals surface area (Å²) in [6.45, 7) is 3.39. The summed E-state index contributed by atoms with van der Waals surface area (Å²) in [6.07, 6.45) is -0.543. The van der Waals surface area contributed by atoms with Crippen LogP contribution in [0.25, 0.3) is 0 Å². The van der Waals surface area contributed by atoms with E-state index >= 15 is 0 Å². The first-order valence-electron chi connectivity index (χ1n) is 10.9. The Morgan fingerprint density at radius 1 is 0.972 bits per heavy atom. The van der Waals surface area contributed by atoms with Crippen molar-refractivity contribution in [2.75, 3.05) is 31.0 Å². The lowest BCUT2D eigenvalue weighted by Gasteiger charge is -2.10. The molecule has 36 heavy (non-hydrogen) atoms. The summed E-state index contributed by atoms with van der Waals surface area (Å²) in [7, 11) is 1.36. The summed E-state index contributed by atoms with van der Waals surface area (Å²) >= 11 is 0. The van der Waals surface area contributed by atoms with E-state index < -0.39 is 35.3 Å². The molecule has 192 valence electrons. The second-order valence-electron chi connectivity index (χ2n) is 7.97. The van der Waals surface area contributed by atoms with Crippen molar-refractivity contribution in [2.45, 2.75) is 26.7 Å². The number of ether oxygens (including phenoxy) is 3. The molecule has 0 aliphatic heterocycles. The number of nitro benzene ring substituents is 1. The third-order valence-corrected chi connectivity index (χ3v) is 4.52. The molecule has 2 aromatic carbocycles. The maximum Gasteiger partial charge on any atom is 0.338 e. The van der Waals surface area contributed by atoms with E-state index in [2.05, 4.69) is 10.6 Å². The van der Waals surface area contributed by atoms with Gasteiger partial charge in [0, 0.05) is 24.2 Å². The van der Waals surface area contributed by atoms with Crippen molar-refractivity contribution in [3.8, 4) is 5.75 Å². The number of carbonyl (C=O) groups excluding carboxylic acids is 4. The quantitative estimate of drug-likeness (QED) is 0.252. The molecule has 0 unspecified atom stereocenters. The van der Waals surface area contributed by atoms with Crippen LogP contribution in [0.2, 0.25) is 0 Å². The summed E-state index contributed by atoms with van der Waals surface area (Å²) in [5.41, 5.74) is 0.154. The molecule has 0 saturated heterocycles. The zero-order valence-electron chi connectivity index (χ0n) is 20.1. The average molecular weight is 501 g/mol. The molecule has 0 atom stereocenters. The van der Waals surface area contributed by atoms with Gasteiger partial charge in [-0.15, -0.1) is 0 Å². The van der Waals surface area contributed by atoms with Crippen LogP contribution in [0.1, 0.15) is 37.0 Å². The number of benzene rings is 2. The predicted octanol–water partition coefficient (Wildman–Crippen LogP) is 3.32. The van der Waals surface area contributed by atoms with E-state index in [-0.39, 0.29) is 48.1 Å². The van der Waals surface area contributed by atoms with Crippen molar-refractivity contribution in [2.24, 2.45) is 5.92 Å². The highest BCUT2D eigenvalue weighted by Gasteiger charge is 2.18. The summed E-state index contributed by atoms with van der Waals surface area (Å²) in [5, 5.41) is 16.0. The van der Waals surface area contributed by atoms with Crippen LogP contribution in [-0.4, -0.2) is 49.0 Å². The second-order valence-corrected chi connectivity index (χ2v) is 7.97. The normalized spacial score (nSPS) is 10.3. The largest absolute Gasteiger partial charge is 0.497 e. The highest BCUT2D eigenvalue weighted by Crippen LogP contribution is 2.28. The van der Waals surface area contributed by atoms with Crippen molar-refractivity contribution >= 4 is 40.8 Å². The van der Waals surface area contributed by atoms with Crippen LogP contribution in [0, 0.1) is 16.0 Å². The van der Waals surface area contributed by atoms with Crippen LogP contribution in [-0.2, 0) is 23.9 Å². The number of hydrogen-bond donors (Lipinski definition) is 2. The molecular weight excluding hydrogens is 474 g/mol. The zero-order valence-corrected chi connectivity index (χ0v) is 20.1. The molecule has 12 heteroatoms. The Morgan fingerprint density at radius 2 is 1.72 bits per heavy atom. The molecule has 0 fully saturated rings. The summed E-state index contributed by atoms with van der Waals surface area (Å²) in [5.74, 6) is -2.16. The highest BCUT2D eigenvalue weighted by atomic mass is 16.6. The Hall–Kier alpha value is -4.48. The van der Waals surface area contributed by atoms with Crippen molar-refractivity contribution < 1.29 is 38.3 Å². The first kappa shape index (κ1) is 27.8. The molecule has 0 aliphatic carbocycles. The van der Waals surface area contributed by atoms with Crippen molar-refractivity contribution in [3.63, 3.8) is 0 Å². The fourth-order valence-electron chi connectivity index (χ4n) is 2.79. The molecular formula is C24H27N3O9. The number of nitrogens with one attached hydrogen (secondary N) is 2. The first-order valence-corrected chi connectivity index (χ1v) is 10.9. The third-order valence-electron chi connectivity index (χ3n) is 4.52. The van der Waals surface area contributed by atoms with E-state index in [4.69, 9.17) is 14.2 Å². The molecule has 0 saturated carbocycles. The number of esters is 2. The minimum absolute atomic E-state index is 0.116. The Kier molecular flexibility index (Phi) is 10.3. The Labute approximate surface area is 207 Å². The number of rotatable bonds is 12. The van der Waals surface area contributed by atoms with Gasteiger partial charge in [0.1, 0.15) is 11.4 Å². The van der Waals surface area contributed by atoms with Crippen molar-refractivity contribution in [1.82, 2.24) is 0 Å². The van der Waals surface area contributed by atoms with Gasteiger partial charge in [-0.1, -0.05) is 19.9 Å². The van der Waals surface area contributed by atoms with Gasteiger partial charge in [-0.05, 0) is 30.2 Å². The number of carbonyl (C=O) groups is 4. The second kappa shape index (κ2) is 13.4. The van der Waals surface area contributed by atoms with E-state index in [0.29, 0.717) is 5.69 Å². The van der Waals surface area contributed by atoms with Gasteiger partial charge in [-0.3, -0.25) is 24.5 Å². The van der Waals surface area contributed by atoms with Crippen LogP contribution in [0.4, 0.5) is 17.1 Å². The van der Waals surface area contributed by atoms with Gasteiger partial charge in [-0.25, -0.2) is 4.79 Å². The number of hydrogen-bond acceptors (Lipinski definition) is 9. The van der Waals surface area contributed by atoms with Gasteiger partial charge in [0.25, 0.3) is 11.6 Å². The lowest BCUT2D eigenvalue weighted by atomic mass is 10.2. The van der Waals surface area contributed by atoms with E-state index in [9.17, 15) is 29.3 Å². The smallest absolute Gasteiger partial charge is 0.338 e. The molecule has 0 heterocycles. The van der Waals surface area contributed by atoms with Crippen LogP contribution in [0.5, 0.6) is 5.75 Å². The molecule has 12 nitrogen and oxygen atoms in total. The van der Waals surface area contributed by atoms with Gasteiger partial charge < -0.3 is 24.8 Å². The van der Waals surface area contributed by atoms with Gasteiger partial charge >= 0.3 is 11.9 Å². The molecule has 2 rings (SSSR count). The summed E-state index contributed by atoms with van der Waals surface area (Å²) < 4.78 is 15.0. The molecule has 0 radical (unpaired) electrons. The topological polar surface area (TPSA) is 163 Å². The minimum atomic E-state index is -0.813. The number of amides is 2. The Bertz CT molecular complexity index is 1130. The maximum absolute atomic E-state index is 12.2. The lowest BCUT2D eigenvalue weighted by Crippen LogP contribution is -2.22. The summed E-state index contributed by atoms with van der Waals surface area (Å²) in [4.78, 5) is 58.7. The van der Waals surface area contributed by atoms with Crippen LogP contribution in [0.15, 0.2) is 42.5 Å². The molecule has 0 aliphatic rings. The average Bonchev–Trinajstić information content (AvgIpc) is 2.84. The maximum atomic E-state index is 12.2. The lowest BCUT2D eigenvalue weighted by molar-refractivity contribution is -0.383.